The lowest BCUT2D eigenvalue weighted by atomic mass is 10.2. The minimum Gasteiger partial charge on any atom is -0.373 e. The number of anilines is 2. The van der Waals surface area contributed by atoms with Crippen LogP contribution in [0.25, 0.3) is 10.2 Å². The molecule has 3 aromatic rings. The molecule has 11 heteroatoms. The second kappa shape index (κ2) is 9.18. The van der Waals surface area contributed by atoms with E-state index in [0.717, 1.165) is 4.70 Å². The van der Waals surface area contributed by atoms with Crippen LogP contribution in [0.2, 0.25) is 0 Å². The van der Waals surface area contributed by atoms with E-state index in [0.29, 0.717) is 21.9 Å². The SMILES string of the molecule is CC(=O)Nc1ccc2nc(NC(=O)c3ccc(S(=O)(=O)N4CC(C)OC(C)C4)cc3)sc2c1. The predicted molar refractivity (Wildman–Crippen MR) is 127 cm³/mol. The third kappa shape index (κ3) is 5.22. The molecule has 0 spiro atoms. The van der Waals surface area contributed by atoms with Crippen LogP contribution in [0.3, 0.4) is 0 Å². The summed E-state index contributed by atoms with van der Waals surface area (Å²) in [6, 6.07) is 11.1. The van der Waals surface area contributed by atoms with Crippen molar-refractivity contribution in [3.8, 4) is 0 Å². The zero-order chi connectivity index (χ0) is 23.8. The fourth-order valence-corrected chi connectivity index (χ4v) is 6.17. The van der Waals surface area contributed by atoms with Crippen molar-refractivity contribution in [2.24, 2.45) is 0 Å². The molecule has 9 nitrogen and oxygen atoms in total. The number of ether oxygens (including phenoxy) is 1. The number of fused-ring (bicyclic) bond motifs is 1. The smallest absolute Gasteiger partial charge is 0.257 e. The quantitative estimate of drug-likeness (QED) is 0.569. The Bertz CT molecular complexity index is 1290. The number of benzene rings is 2. The van der Waals surface area contributed by atoms with Crippen LogP contribution in [-0.2, 0) is 19.6 Å². The molecule has 1 aliphatic heterocycles. The molecule has 1 fully saturated rings. The van der Waals surface area contributed by atoms with Crippen molar-refractivity contribution >= 4 is 54.2 Å². The number of nitrogens with zero attached hydrogens (tertiary/aromatic N) is 2. The number of rotatable bonds is 5. The van der Waals surface area contributed by atoms with Gasteiger partial charge in [-0.25, -0.2) is 13.4 Å². The first-order valence-corrected chi connectivity index (χ1v) is 12.6. The van der Waals surface area contributed by atoms with Crippen LogP contribution in [-0.4, -0.2) is 54.8 Å². The van der Waals surface area contributed by atoms with Gasteiger partial charge in [-0.05, 0) is 56.3 Å². The van der Waals surface area contributed by atoms with Gasteiger partial charge in [0.05, 0.1) is 27.3 Å². The van der Waals surface area contributed by atoms with Crippen molar-refractivity contribution in [2.45, 2.75) is 37.9 Å². The Morgan fingerprint density at radius 1 is 1.06 bits per heavy atom. The Hall–Kier alpha value is -2.86. The average Bonchev–Trinajstić information content (AvgIpc) is 3.14. The number of nitrogens with one attached hydrogen (secondary N) is 2. The normalized spacial score (nSPS) is 19.4. The highest BCUT2D eigenvalue weighted by molar-refractivity contribution is 7.89. The Morgan fingerprint density at radius 3 is 2.36 bits per heavy atom. The van der Waals surface area contributed by atoms with Gasteiger partial charge < -0.3 is 10.1 Å². The van der Waals surface area contributed by atoms with Crippen molar-refractivity contribution in [1.82, 2.24) is 9.29 Å². The molecule has 1 saturated heterocycles. The number of amides is 2. The topological polar surface area (TPSA) is 118 Å². The van der Waals surface area contributed by atoms with Crippen molar-refractivity contribution in [1.29, 1.82) is 0 Å². The zero-order valence-corrected chi connectivity index (χ0v) is 20.0. The summed E-state index contributed by atoms with van der Waals surface area (Å²) in [4.78, 5) is 28.4. The Kier molecular flexibility index (Phi) is 6.48. The molecule has 2 aromatic carbocycles. The molecule has 1 aromatic heterocycles. The van der Waals surface area contributed by atoms with Gasteiger partial charge in [-0.1, -0.05) is 11.3 Å². The molecule has 174 valence electrons. The van der Waals surface area contributed by atoms with E-state index in [9.17, 15) is 18.0 Å². The summed E-state index contributed by atoms with van der Waals surface area (Å²) in [7, 11) is -3.68. The van der Waals surface area contributed by atoms with Crippen molar-refractivity contribution in [3.63, 3.8) is 0 Å². The van der Waals surface area contributed by atoms with E-state index in [-0.39, 0.29) is 36.1 Å². The number of morpholine rings is 1. The van der Waals surface area contributed by atoms with Crippen molar-refractivity contribution in [3.05, 3.63) is 48.0 Å². The molecule has 0 bridgehead atoms. The van der Waals surface area contributed by atoms with Gasteiger partial charge in [0.1, 0.15) is 0 Å². The fraction of sp³-hybridized carbons (Fsp3) is 0.318. The second-order valence-electron chi connectivity index (χ2n) is 7.94. The van der Waals surface area contributed by atoms with Crippen LogP contribution >= 0.6 is 11.3 Å². The summed E-state index contributed by atoms with van der Waals surface area (Å²) < 4.78 is 33.8. The summed E-state index contributed by atoms with van der Waals surface area (Å²) in [5, 5.41) is 5.86. The van der Waals surface area contributed by atoms with Gasteiger partial charge in [0.25, 0.3) is 5.91 Å². The van der Waals surface area contributed by atoms with Gasteiger partial charge in [0.2, 0.25) is 15.9 Å². The van der Waals surface area contributed by atoms with E-state index in [1.54, 1.807) is 18.2 Å². The van der Waals surface area contributed by atoms with E-state index in [1.165, 1.54) is 46.8 Å². The van der Waals surface area contributed by atoms with E-state index in [1.807, 2.05) is 13.8 Å². The van der Waals surface area contributed by atoms with E-state index in [2.05, 4.69) is 15.6 Å². The molecule has 1 aliphatic rings. The first kappa shape index (κ1) is 23.3. The lowest BCUT2D eigenvalue weighted by Gasteiger charge is -2.34. The molecule has 2 heterocycles. The number of aromatic nitrogens is 1. The number of sulfonamides is 1. The summed E-state index contributed by atoms with van der Waals surface area (Å²) in [5.74, 6) is -0.566. The molecule has 33 heavy (non-hydrogen) atoms. The molecule has 0 aliphatic carbocycles. The summed E-state index contributed by atoms with van der Waals surface area (Å²) in [5.41, 5.74) is 1.66. The van der Waals surface area contributed by atoms with E-state index >= 15 is 0 Å². The highest BCUT2D eigenvalue weighted by Crippen LogP contribution is 2.29. The Morgan fingerprint density at radius 2 is 1.73 bits per heavy atom. The largest absolute Gasteiger partial charge is 0.373 e. The Balaban J connectivity index is 1.48. The van der Waals surface area contributed by atoms with E-state index in [4.69, 9.17) is 4.74 Å². The van der Waals surface area contributed by atoms with Crippen LogP contribution in [0.5, 0.6) is 0 Å². The molecule has 0 saturated carbocycles. The highest BCUT2D eigenvalue weighted by Gasteiger charge is 2.32. The molecular formula is C22H24N4O5S2. The van der Waals surface area contributed by atoms with Gasteiger partial charge >= 0.3 is 0 Å². The summed E-state index contributed by atoms with van der Waals surface area (Å²) in [6.07, 6.45) is -0.367. The van der Waals surface area contributed by atoms with Crippen LogP contribution < -0.4 is 10.6 Å². The molecule has 2 N–H and O–H groups in total. The predicted octanol–water partition coefficient (Wildman–Crippen LogP) is 3.30. The van der Waals surface area contributed by atoms with Crippen LogP contribution in [0.4, 0.5) is 10.8 Å². The van der Waals surface area contributed by atoms with Crippen LogP contribution in [0.1, 0.15) is 31.1 Å². The fourth-order valence-electron chi connectivity index (χ4n) is 3.68. The highest BCUT2D eigenvalue weighted by atomic mass is 32.2. The first-order valence-electron chi connectivity index (χ1n) is 10.4. The summed E-state index contributed by atoms with van der Waals surface area (Å²) >= 11 is 1.28. The third-order valence-electron chi connectivity index (χ3n) is 5.07. The van der Waals surface area contributed by atoms with Crippen LogP contribution in [0, 0.1) is 0 Å². The number of carbonyl (C=O) groups excluding carboxylic acids is 2. The average molecular weight is 489 g/mol. The minimum atomic E-state index is -3.68. The minimum absolute atomic E-state index is 0.130. The molecule has 4 rings (SSSR count). The lowest BCUT2D eigenvalue weighted by molar-refractivity contribution is -0.114. The molecule has 0 radical (unpaired) electrons. The summed E-state index contributed by atoms with van der Waals surface area (Å²) in [6.45, 7) is 5.69. The lowest BCUT2D eigenvalue weighted by Crippen LogP contribution is -2.48. The molecule has 2 amide bonds. The molecule has 2 atom stereocenters. The van der Waals surface area contributed by atoms with Gasteiger partial charge in [0, 0.05) is 31.3 Å². The second-order valence-corrected chi connectivity index (χ2v) is 10.9. The van der Waals surface area contributed by atoms with E-state index < -0.39 is 15.9 Å². The van der Waals surface area contributed by atoms with Gasteiger partial charge in [0.15, 0.2) is 5.13 Å². The van der Waals surface area contributed by atoms with Crippen molar-refractivity contribution in [2.75, 3.05) is 23.7 Å². The van der Waals surface area contributed by atoms with Gasteiger partial charge in [-0.3, -0.25) is 14.9 Å². The third-order valence-corrected chi connectivity index (χ3v) is 7.85. The monoisotopic (exact) mass is 488 g/mol. The number of hydrogen-bond acceptors (Lipinski definition) is 7. The maximum absolute atomic E-state index is 13.0. The maximum atomic E-state index is 13.0. The van der Waals surface area contributed by atoms with Crippen LogP contribution in [0.15, 0.2) is 47.4 Å². The number of carbonyl (C=O) groups is 2. The van der Waals surface area contributed by atoms with Gasteiger partial charge in [-0.2, -0.15) is 4.31 Å². The first-order chi connectivity index (χ1) is 15.6. The molecular weight excluding hydrogens is 464 g/mol. The maximum Gasteiger partial charge on any atom is 0.257 e. The number of hydrogen-bond donors (Lipinski definition) is 2. The molecule has 2 unspecified atom stereocenters. The standard InChI is InChI=1S/C22H24N4O5S2/c1-13-11-26(12-14(2)31-13)33(29,30)18-7-4-16(5-8-18)21(28)25-22-24-19-9-6-17(23-15(3)27)10-20(19)32-22/h4-10,13-14H,11-12H2,1-3H3,(H,23,27)(H,24,25,28). The number of thiazole rings is 1. The zero-order valence-electron chi connectivity index (χ0n) is 18.4. The Labute approximate surface area is 195 Å². The van der Waals surface area contributed by atoms with Crippen molar-refractivity contribution < 1.29 is 22.7 Å². The van der Waals surface area contributed by atoms with Gasteiger partial charge in [-0.15, -0.1) is 0 Å².